The first-order valence-electron chi connectivity index (χ1n) is 13.7. The lowest BCUT2D eigenvalue weighted by atomic mass is 10.0. The molecule has 0 amide bonds. The van der Waals surface area contributed by atoms with Gasteiger partial charge in [0.05, 0.1) is 22.4 Å². The largest absolute Gasteiger partial charge is 0.490 e. The minimum absolute atomic E-state index is 0.0914. The zero-order chi connectivity index (χ0) is 33.0. The molecule has 0 atom stereocenters. The number of fused-ring (bicyclic) bond motifs is 1. The van der Waals surface area contributed by atoms with Crippen LogP contribution in [-0.4, -0.2) is 27.0 Å². The van der Waals surface area contributed by atoms with E-state index in [-0.39, 0.29) is 23.3 Å². The van der Waals surface area contributed by atoms with Crippen LogP contribution in [0.4, 0.5) is 19.0 Å². The summed E-state index contributed by atoms with van der Waals surface area (Å²) in [4.78, 5) is 18.0. The van der Waals surface area contributed by atoms with Gasteiger partial charge in [-0.15, -0.1) is 0 Å². The first kappa shape index (κ1) is 31.9. The Labute approximate surface area is 265 Å². The molecule has 0 aliphatic carbocycles. The number of alkyl halides is 3. The molecule has 0 saturated carbocycles. The highest BCUT2D eigenvalue weighted by Crippen LogP contribution is 2.43. The number of nitrogens with zero attached hydrogens (tertiary/aromatic N) is 4. The van der Waals surface area contributed by atoms with Gasteiger partial charge in [-0.3, -0.25) is 10.1 Å². The number of nitro groups is 1. The van der Waals surface area contributed by atoms with E-state index >= 15 is 0 Å². The first-order valence-corrected chi connectivity index (χ1v) is 14.1. The fourth-order valence-corrected chi connectivity index (χ4v) is 4.87. The van der Waals surface area contributed by atoms with Gasteiger partial charge in [0.2, 0.25) is 6.20 Å². The summed E-state index contributed by atoms with van der Waals surface area (Å²) in [5.41, 5.74) is 12.9. The van der Waals surface area contributed by atoms with E-state index in [9.17, 15) is 23.3 Å². The summed E-state index contributed by atoms with van der Waals surface area (Å²) in [5.74, 6) is 0.00484. The minimum Gasteiger partial charge on any atom is -0.490 e. The molecule has 236 valence electrons. The van der Waals surface area contributed by atoms with Crippen LogP contribution in [0.25, 0.3) is 33.8 Å². The highest BCUT2D eigenvalue weighted by Gasteiger charge is 2.35. The molecule has 5 rings (SSSR count). The van der Waals surface area contributed by atoms with Crippen LogP contribution >= 0.6 is 11.6 Å². The van der Waals surface area contributed by atoms with E-state index in [0.717, 1.165) is 17.8 Å². The number of nitrogens with two attached hydrogens (primary N) is 2. The van der Waals surface area contributed by atoms with Crippen LogP contribution in [-0.2, 0) is 12.8 Å². The molecule has 2 aromatic heterocycles. The van der Waals surface area contributed by atoms with Crippen molar-refractivity contribution in [3.05, 3.63) is 117 Å². The monoisotopic (exact) mass is 650 g/mol. The van der Waals surface area contributed by atoms with Crippen molar-refractivity contribution in [3.63, 3.8) is 0 Å². The molecule has 0 saturated heterocycles. The Hall–Kier alpha value is -5.56. The number of hydrogen-bond acceptors (Lipinski definition) is 6. The van der Waals surface area contributed by atoms with Gasteiger partial charge in [-0.25, -0.2) is 4.98 Å². The van der Waals surface area contributed by atoms with Gasteiger partial charge in [0.25, 0.3) is 0 Å². The summed E-state index contributed by atoms with van der Waals surface area (Å²) in [6, 6.07) is 19.7. The third-order valence-electron chi connectivity index (χ3n) is 6.69. The predicted octanol–water partition coefficient (Wildman–Crippen LogP) is 7.49. The zero-order valence-electron chi connectivity index (χ0n) is 24.2. The van der Waals surface area contributed by atoms with Crippen molar-refractivity contribution in [3.8, 4) is 28.3 Å². The summed E-state index contributed by atoms with van der Waals surface area (Å²) in [6.45, 7) is 2.35. The van der Waals surface area contributed by atoms with Crippen LogP contribution in [0.1, 0.15) is 23.7 Å². The summed E-state index contributed by atoms with van der Waals surface area (Å²) in [5, 5.41) is 11.7. The average molecular weight is 651 g/mol. The smallest absolute Gasteiger partial charge is 0.433 e. The molecule has 0 fully saturated rings. The lowest BCUT2D eigenvalue weighted by Crippen LogP contribution is -2.22. The average Bonchev–Trinajstić information content (AvgIpc) is 3.40. The van der Waals surface area contributed by atoms with Gasteiger partial charge in [0.1, 0.15) is 12.3 Å². The SMILES string of the molecule is CCOc1cc(-c2cn(-c3cccc(/C=C\[N+](=O)[O-])c3)c3cc(C(F)(F)F)nc(N=C(N)N)c23)ccc1OCc1ccc(Cl)cc1. The van der Waals surface area contributed by atoms with Crippen molar-refractivity contribution in [1.82, 2.24) is 9.55 Å². The van der Waals surface area contributed by atoms with E-state index in [1.54, 1.807) is 67.7 Å². The maximum absolute atomic E-state index is 14.0. The maximum Gasteiger partial charge on any atom is 0.433 e. The van der Waals surface area contributed by atoms with Crippen molar-refractivity contribution in [1.29, 1.82) is 0 Å². The lowest BCUT2D eigenvalue weighted by molar-refractivity contribution is -0.400. The first-order chi connectivity index (χ1) is 21.9. The Balaban J connectivity index is 1.71. The van der Waals surface area contributed by atoms with Crippen LogP contribution in [0.15, 0.2) is 90.2 Å². The van der Waals surface area contributed by atoms with Gasteiger partial charge in [-0.2, -0.15) is 18.2 Å². The molecule has 10 nitrogen and oxygen atoms in total. The molecular weight excluding hydrogens is 625 g/mol. The Kier molecular flexibility index (Phi) is 9.14. The molecule has 46 heavy (non-hydrogen) atoms. The molecular formula is C32H26ClF3N6O4. The summed E-state index contributed by atoms with van der Waals surface area (Å²) < 4.78 is 55.6. The number of aromatic nitrogens is 2. The third kappa shape index (κ3) is 7.21. The Morgan fingerprint density at radius 2 is 1.83 bits per heavy atom. The Morgan fingerprint density at radius 1 is 1.07 bits per heavy atom. The minimum atomic E-state index is -4.82. The summed E-state index contributed by atoms with van der Waals surface area (Å²) >= 11 is 5.98. The number of aliphatic imine (C=N–C) groups is 1. The van der Waals surface area contributed by atoms with Crippen LogP contribution in [0, 0.1) is 10.1 Å². The van der Waals surface area contributed by atoms with Gasteiger partial charge >= 0.3 is 6.18 Å². The van der Waals surface area contributed by atoms with E-state index < -0.39 is 22.8 Å². The van der Waals surface area contributed by atoms with Crippen molar-refractivity contribution in [2.75, 3.05) is 6.61 Å². The Morgan fingerprint density at radius 3 is 2.50 bits per heavy atom. The third-order valence-corrected chi connectivity index (χ3v) is 6.94. The maximum atomic E-state index is 14.0. The quantitative estimate of drug-likeness (QED) is 0.0689. The predicted molar refractivity (Wildman–Crippen MR) is 170 cm³/mol. The zero-order valence-corrected chi connectivity index (χ0v) is 24.9. The number of guanidine groups is 1. The number of halogens is 4. The fourth-order valence-electron chi connectivity index (χ4n) is 4.74. The number of pyridine rings is 1. The highest BCUT2D eigenvalue weighted by atomic mass is 35.5. The second kappa shape index (κ2) is 13.2. The van der Waals surface area contributed by atoms with E-state index in [2.05, 4.69) is 9.98 Å². The second-order valence-electron chi connectivity index (χ2n) is 9.88. The van der Waals surface area contributed by atoms with Gasteiger partial charge in [-0.05, 0) is 66.1 Å². The Bertz CT molecular complexity index is 1970. The highest BCUT2D eigenvalue weighted by molar-refractivity contribution is 6.30. The van der Waals surface area contributed by atoms with Crippen molar-refractivity contribution in [2.45, 2.75) is 19.7 Å². The van der Waals surface area contributed by atoms with Crippen molar-refractivity contribution in [2.24, 2.45) is 16.5 Å². The number of rotatable bonds is 10. The van der Waals surface area contributed by atoms with Gasteiger partial charge in [0.15, 0.2) is 23.3 Å². The molecule has 0 radical (unpaired) electrons. The molecule has 3 aromatic carbocycles. The van der Waals surface area contributed by atoms with Crippen LogP contribution in [0.3, 0.4) is 0 Å². The molecule has 0 aliphatic heterocycles. The summed E-state index contributed by atoms with van der Waals surface area (Å²) in [6.07, 6.45) is -1.15. The topological polar surface area (TPSA) is 144 Å². The van der Waals surface area contributed by atoms with Crippen molar-refractivity contribution >= 4 is 40.4 Å². The molecule has 0 bridgehead atoms. The molecule has 0 spiro atoms. The van der Waals surface area contributed by atoms with Crippen LogP contribution in [0.5, 0.6) is 11.5 Å². The number of ether oxygens (including phenoxy) is 2. The van der Waals surface area contributed by atoms with E-state index in [0.29, 0.717) is 45.5 Å². The van der Waals surface area contributed by atoms with Crippen LogP contribution in [0.2, 0.25) is 5.02 Å². The fraction of sp³-hybridized carbons (Fsp3) is 0.125. The van der Waals surface area contributed by atoms with Crippen molar-refractivity contribution < 1.29 is 27.6 Å². The standard InChI is InChI=1S/C32H26ClF3N6O4/c1-2-45-27-15-21(8-11-26(27)46-18-20-6-9-22(33)10-7-20)24-17-41(23-5-3-4-19(14-23)12-13-42(43)44)25-16-28(32(34,35)36)39-30(29(24)25)40-31(37)38/h3-17H,2,18H2,1H3,(H4,37,38,39,40)/b13-12-. The van der Waals surface area contributed by atoms with E-state index in [1.165, 1.54) is 10.6 Å². The van der Waals surface area contributed by atoms with E-state index in [4.69, 9.17) is 32.5 Å². The lowest BCUT2D eigenvalue weighted by Gasteiger charge is -2.14. The molecule has 14 heteroatoms. The van der Waals surface area contributed by atoms with Gasteiger partial charge in [0, 0.05) is 28.5 Å². The number of hydrogen-bond donors (Lipinski definition) is 2. The number of benzene rings is 3. The molecule has 5 aromatic rings. The van der Waals surface area contributed by atoms with Gasteiger partial charge in [-0.1, -0.05) is 41.9 Å². The molecule has 0 unspecified atom stereocenters. The second-order valence-corrected chi connectivity index (χ2v) is 10.3. The normalized spacial score (nSPS) is 11.6. The molecule has 4 N–H and O–H groups in total. The molecule has 0 aliphatic rings. The van der Waals surface area contributed by atoms with Crippen LogP contribution < -0.4 is 20.9 Å². The van der Waals surface area contributed by atoms with Gasteiger partial charge < -0.3 is 25.5 Å². The summed E-state index contributed by atoms with van der Waals surface area (Å²) in [7, 11) is 0. The molecule has 2 heterocycles. The van der Waals surface area contributed by atoms with E-state index in [1.807, 2.05) is 12.1 Å².